The Kier molecular flexibility index (Phi) is 4.73. The van der Waals surface area contributed by atoms with Gasteiger partial charge in [0.25, 0.3) is 0 Å². The van der Waals surface area contributed by atoms with Crippen LogP contribution in [0.1, 0.15) is 5.56 Å². The first-order valence-corrected chi connectivity index (χ1v) is 7.61. The van der Waals surface area contributed by atoms with Gasteiger partial charge in [0.2, 0.25) is 0 Å². The standard InChI is InChI=1S/C12H18O3Si/c1-5-11-6-8-12(9-7-11)15-10-16(4,13-2)14-3/h5-9H,1,10H2,2-4H3. The number of benzene rings is 1. The summed E-state index contributed by atoms with van der Waals surface area (Å²) in [5.74, 6) is 0.818. The van der Waals surface area contributed by atoms with E-state index in [9.17, 15) is 0 Å². The van der Waals surface area contributed by atoms with Crippen molar-refractivity contribution in [3.05, 3.63) is 36.4 Å². The van der Waals surface area contributed by atoms with E-state index >= 15 is 0 Å². The molecule has 0 heterocycles. The van der Waals surface area contributed by atoms with E-state index in [1.54, 1.807) is 20.3 Å². The summed E-state index contributed by atoms with van der Waals surface area (Å²) in [6, 6.07) is 7.75. The third-order valence-electron chi connectivity index (χ3n) is 2.48. The van der Waals surface area contributed by atoms with E-state index in [1.807, 2.05) is 30.8 Å². The highest BCUT2D eigenvalue weighted by molar-refractivity contribution is 6.65. The normalized spacial score (nSPS) is 11.2. The Morgan fingerprint density at radius 1 is 1.19 bits per heavy atom. The predicted octanol–water partition coefficient (Wildman–Crippen LogP) is 2.61. The van der Waals surface area contributed by atoms with Gasteiger partial charge in [0.15, 0.2) is 0 Å². The molecule has 4 heteroatoms. The van der Waals surface area contributed by atoms with Crippen molar-refractivity contribution in [3.8, 4) is 5.75 Å². The highest BCUT2D eigenvalue weighted by Gasteiger charge is 2.30. The van der Waals surface area contributed by atoms with Gasteiger partial charge in [0.05, 0.1) is 0 Å². The molecule has 16 heavy (non-hydrogen) atoms. The summed E-state index contributed by atoms with van der Waals surface area (Å²) < 4.78 is 16.3. The van der Waals surface area contributed by atoms with Gasteiger partial charge in [-0.1, -0.05) is 24.8 Å². The molecule has 0 atom stereocenters. The molecule has 0 amide bonds. The third kappa shape index (κ3) is 3.48. The van der Waals surface area contributed by atoms with Crippen LogP contribution in [0.25, 0.3) is 6.08 Å². The second-order valence-corrected chi connectivity index (χ2v) is 6.98. The van der Waals surface area contributed by atoms with Gasteiger partial charge in [-0.3, -0.25) is 0 Å². The summed E-state index contributed by atoms with van der Waals surface area (Å²) in [6.07, 6.45) is 2.28. The second kappa shape index (κ2) is 5.84. The van der Waals surface area contributed by atoms with Crippen molar-refractivity contribution in [2.45, 2.75) is 6.55 Å². The van der Waals surface area contributed by atoms with Gasteiger partial charge < -0.3 is 13.6 Å². The Morgan fingerprint density at radius 2 is 1.75 bits per heavy atom. The lowest BCUT2D eigenvalue weighted by atomic mass is 10.2. The van der Waals surface area contributed by atoms with Crippen LogP contribution in [0.4, 0.5) is 0 Å². The van der Waals surface area contributed by atoms with Gasteiger partial charge in [-0.25, -0.2) is 0 Å². The van der Waals surface area contributed by atoms with Crippen LogP contribution < -0.4 is 4.74 Å². The molecule has 0 bridgehead atoms. The quantitative estimate of drug-likeness (QED) is 0.713. The monoisotopic (exact) mass is 238 g/mol. The van der Waals surface area contributed by atoms with Gasteiger partial charge in [-0.2, -0.15) is 0 Å². The Labute approximate surface area is 97.9 Å². The highest BCUT2D eigenvalue weighted by atomic mass is 28.4. The van der Waals surface area contributed by atoms with Crippen LogP contribution in [-0.2, 0) is 8.85 Å². The summed E-state index contributed by atoms with van der Waals surface area (Å²) >= 11 is 0. The number of hydrogen-bond acceptors (Lipinski definition) is 3. The van der Waals surface area contributed by atoms with Gasteiger partial charge in [0.1, 0.15) is 12.0 Å². The Bertz CT molecular complexity index is 331. The number of hydrogen-bond donors (Lipinski definition) is 0. The van der Waals surface area contributed by atoms with Gasteiger partial charge in [-0.15, -0.1) is 0 Å². The van der Waals surface area contributed by atoms with Gasteiger partial charge in [-0.05, 0) is 24.2 Å². The lowest BCUT2D eigenvalue weighted by Gasteiger charge is -2.22. The number of rotatable bonds is 6. The van der Waals surface area contributed by atoms with Crippen molar-refractivity contribution < 1.29 is 13.6 Å². The molecule has 0 saturated heterocycles. The van der Waals surface area contributed by atoms with Crippen molar-refractivity contribution in [2.75, 3.05) is 20.4 Å². The van der Waals surface area contributed by atoms with Gasteiger partial charge >= 0.3 is 8.56 Å². The van der Waals surface area contributed by atoms with E-state index in [2.05, 4.69) is 6.58 Å². The molecule has 0 radical (unpaired) electrons. The molecule has 1 aromatic rings. The van der Waals surface area contributed by atoms with E-state index < -0.39 is 8.56 Å². The molecule has 0 N–H and O–H groups in total. The SMILES string of the molecule is C=Cc1ccc(OC[Si](C)(OC)OC)cc1. The molecule has 1 aromatic carbocycles. The largest absolute Gasteiger partial charge is 0.492 e. The molecule has 0 aliphatic rings. The van der Waals surface area contributed by atoms with Crippen molar-refractivity contribution >= 4 is 14.6 Å². The first kappa shape index (κ1) is 13.0. The molecular weight excluding hydrogens is 220 g/mol. The smallest absolute Gasteiger partial charge is 0.373 e. The summed E-state index contributed by atoms with van der Waals surface area (Å²) in [6.45, 7) is 5.66. The minimum absolute atomic E-state index is 0.480. The van der Waals surface area contributed by atoms with E-state index in [4.69, 9.17) is 13.6 Å². The van der Waals surface area contributed by atoms with Crippen molar-refractivity contribution in [1.82, 2.24) is 0 Å². The summed E-state index contributed by atoms with van der Waals surface area (Å²) in [4.78, 5) is 0. The van der Waals surface area contributed by atoms with Crippen molar-refractivity contribution in [2.24, 2.45) is 0 Å². The number of ether oxygens (including phenoxy) is 1. The Balaban J connectivity index is 2.57. The maximum Gasteiger partial charge on any atom is 0.373 e. The first-order chi connectivity index (χ1) is 7.63. The predicted molar refractivity (Wildman–Crippen MR) is 67.7 cm³/mol. The summed E-state index contributed by atoms with van der Waals surface area (Å²) in [7, 11) is 1.16. The lowest BCUT2D eigenvalue weighted by molar-refractivity contribution is 0.212. The molecule has 0 spiro atoms. The minimum atomic E-state index is -2.14. The minimum Gasteiger partial charge on any atom is -0.492 e. The van der Waals surface area contributed by atoms with Crippen LogP contribution >= 0.6 is 0 Å². The first-order valence-electron chi connectivity index (χ1n) is 5.09. The van der Waals surface area contributed by atoms with Crippen LogP contribution in [0.15, 0.2) is 30.8 Å². The maximum atomic E-state index is 5.63. The summed E-state index contributed by atoms with van der Waals surface area (Å²) in [5, 5.41) is 0. The zero-order chi connectivity index (χ0) is 12.0. The van der Waals surface area contributed by atoms with Crippen molar-refractivity contribution in [3.63, 3.8) is 0 Å². The Morgan fingerprint density at radius 3 is 2.19 bits per heavy atom. The van der Waals surface area contributed by atoms with Crippen LogP contribution in [0.3, 0.4) is 0 Å². The van der Waals surface area contributed by atoms with Crippen LogP contribution in [0, 0.1) is 0 Å². The average molecular weight is 238 g/mol. The van der Waals surface area contributed by atoms with Gasteiger partial charge in [0, 0.05) is 14.2 Å². The topological polar surface area (TPSA) is 27.7 Å². The molecule has 0 aromatic heterocycles. The van der Waals surface area contributed by atoms with Crippen molar-refractivity contribution in [1.29, 1.82) is 0 Å². The second-order valence-electron chi connectivity index (χ2n) is 3.60. The molecule has 0 fully saturated rings. The zero-order valence-corrected chi connectivity index (χ0v) is 11.0. The Hall–Kier alpha value is -1.10. The van der Waals surface area contributed by atoms with Crippen LogP contribution in [0.2, 0.25) is 6.55 Å². The average Bonchev–Trinajstić information content (AvgIpc) is 2.36. The van der Waals surface area contributed by atoms with E-state index in [-0.39, 0.29) is 0 Å². The molecule has 0 unspecified atom stereocenters. The third-order valence-corrected chi connectivity index (χ3v) is 4.88. The van der Waals surface area contributed by atoms with E-state index in [0.717, 1.165) is 11.3 Å². The molecule has 3 nitrogen and oxygen atoms in total. The fourth-order valence-electron chi connectivity index (χ4n) is 1.12. The zero-order valence-electron chi connectivity index (χ0n) is 10.0. The lowest BCUT2D eigenvalue weighted by Crippen LogP contribution is -2.43. The fraction of sp³-hybridized carbons (Fsp3) is 0.333. The van der Waals surface area contributed by atoms with E-state index in [1.165, 1.54) is 0 Å². The molecule has 0 saturated carbocycles. The molecule has 1 rings (SSSR count). The molecule has 88 valence electrons. The van der Waals surface area contributed by atoms with Crippen LogP contribution in [-0.4, -0.2) is 29.0 Å². The van der Waals surface area contributed by atoms with Crippen LogP contribution in [0.5, 0.6) is 5.75 Å². The molecular formula is C12H18O3Si. The molecule has 0 aliphatic heterocycles. The maximum absolute atomic E-state index is 5.63. The fourth-order valence-corrected chi connectivity index (χ4v) is 1.95. The highest BCUT2D eigenvalue weighted by Crippen LogP contribution is 2.15. The summed E-state index contributed by atoms with van der Waals surface area (Å²) in [5.41, 5.74) is 1.07. The molecule has 0 aliphatic carbocycles. The van der Waals surface area contributed by atoms with E-state index in [0.29, 0.717) is 6.23 Å².